The van der Waals surface area contributed by atoms with Crippen LogP contribution in [0.4, 0.5) is 17.1 Å². The molecular weight excluding hydrogens is 651 g/mol. The molecule has 4 heterocycles. The number of para-hydroxylation sites is 8. The van der Waals surface area contributed by atoms with Gasteiger partial charge >= 0.3 is 0 Å². The molecule has 0 aliphatic carbocycles. The largest absolute Gasteiger partial charge is 0.453 e. The number of aromatic nitrogens is 2. The fourth-order valence-electron chi connectivity index (χ4n) is 8.64. The van der Waals surface area contributed by atoms with E-state index >= 15 is 0 Å². The minimum Gasteiger partial charge on any atom is -0.453 e. The van der Waals surface area contributed by atoms with Crippen LogP contribution in [0.3, 0.4) is 0 Å². The summed E-state index contributed by atoms with van der Waals surface area (Å²) in [5, 5.41) is 4.83. The molecule has 2 aliphatic rings. The summed E-state index contributed by atoms with van der Waals surface area (Å²) in [5.41, 5.74) is 12.3. The van der Waals surface area contributed by atoms with Crippen LogP contribution in [0.1, 0.15) is 0 Å². The number of benzene rings is 8. The van der Waals surface area contributed by atoms with Crippen molar-refractivity contribution in [2.45, 2.75) is 0 Å². The van der Waals surface area contributed by atoms with Gasteiger partial charge in [-0.2, -0.15) is 0 Å². The van der Waals surface area contributed by atoms with Crippen LogP contribution in [0, 0.1) is 0 Å². The number of fused-ring (bicyclic) bond motifs is 10. The summed E-state index contributed by atoms with van der Waals surface area (Å²) < 4.78 is 17.5. The van der Waals surface area contributed by atoms with Gasteiger partial charge in [-0.15, -0.1) is 0 Å². The van der Waals surface area contributed by atoms with Gasteiger partial charge in [-0.25, -0.2) is 0 Å². The van der Waals surface area contributed by atoms with Crippen molar-refractivity contribution in [2.75, 3.05) is 4.90 Å². The normalized spacial score (nSPS) is 12.8. The lowest BCUT2D eigenvalue weighted by Crippen LogP contribution is -2.15. The fourth-order valence-corrected chi connectivity index (χ4v) is 8.64. The minimum absolute atomic E-state index is 0.847. The molecule has 0 unspecified atom stereocenters. The van der Waals surface area contributed by atoms with Crippen molar-refractivity contribution in [1.29, 1.82) is 0 Å². The molecule has 0 fully saturated rings. The maximum atomic E-state index is 6.47. The summed E-state index contributed by atoms with van der Waals surface area (Å²) in [4.78, 5) is 2.31. The van der Waals surface area contributed by atoms with Gasteiger partial charge in [-0.3, -0.25) is 0 Å². The van der Waals surface area contributed by atoms with Gasteiger partial charge in [-0.1, -0.05) is 84.9 Å². The summed E-state index contributed by atoms with van der Waals surface area (Å²) in [6.45, 7) is 0. The first-order valence-corrected chi connectivity index (χ1v) is 17.9. The Bertz CT molecular complexity index is 3090. The smallest absolute Gasteiger partial charge is 0.152 e. The topological polar surface area (TPSA) is 31.6 Å². The lowest BCUT2D eigenvalue weighted by Gasteiger charge is -2.32. The number of hydrogen-bond donors (Lipinski definition) is 0. The van der Waals surface area contributed by atoms with E-state index in [4.69, 9.17) is 9.47 Å². The van der Waals surface area contributed by atoms with E-state index in [2.05, 4.69) is 154 Å². The summed E-state index contributed by atoms with van der Waals surface area (Å²) in [5.74, 6) is 3.45. The Morgan fingerprint density at radius 2 is 0.906 bits per heavy atom. The van der Waals surface area contributed by atoms with Crippen molar-refractivity contribution in [1.82, 2.24) is 9.13 Å². The van der Waals surface area contributed by atoms with Gasteiger partial charge in [-0.05, 0) is 102 Å². The minimum atomic E-state index is 0.847. The summed E-state index contributed by atoms with van der Waals surface area (Å²) in [6.07, 6.45) is 0. The lowest BCUT2D eigenvalue weighted by atomic mass is 9.98. The second-order valence-electron chi connectivity index (χ2n) is 13.7. The number of rotatable bonds is 3. The second kappa shape index (κ2) is 10.6. The average molecular weight is 680 g/mol. The van der Waals surface area contributed by atoms with Gasteiger partial charge in [0.15, 0.2) is 23.0 Å². The first kappa shape index (κ1) is 28.5. The molecular formula is C48H29N3O2. The monoisotopic (exact) mass is 679 g/mol. The van der Waals surface area contributed by atoms with Crippen LogP contribution < -0.4 is 14.4 Å². The number of ether oxygens (including phenoxy) is 2. The number of nitrogens with zero attached hydrogens (tertiary/aromatic N) is 3. The quantitative estimate of drug-likeness (QED) is 0.186. The zero-order chi connectivity index (χ0) is 34.6. The van der Waals surface area contributed by atoms with E-state index in [0.29, 0.717) is 0 Å². The molecule has 0 spiro atoms. The zero-order valence-corrected chi connectivity index (χ0v) is 28.4. The van der Waals surface area contributed by atoms with Crippen LogP contribution in [0.25, 0.3) is 66.1 Å². The Balaban J connectivity index is 1.01. The van der Waals surface area contributed by atoms with Gasteiger partial charge in [0.1, 0.15) is 0 Å². The van der Waals surface area contributed by atoms with E-state index in [1.165, 1.54) is 38.1 Å². The molecule has 248 valence electrons. The van der Waals surface area contributed by atoms with E-state index in [0.717, 1.165) is 68.0 Å². The van der Waals surface area contributed by atoms with E-state index < -0.39 is 0 Å². The van der Waals surface area contributed by atoms with Crippen LogP contribution in [0.5, 0.6) is 23.0 Å². The summed E-state index contributed by atoms with van der Waals surface area (Å²) >= 11 is 0. The Kier molecular flexibility index (Phi) is 5.71. The highest BCUT2D eigenvalue weighted by molar-refractivity contribution is 6.18. The third kappa shape index (κ3) is 3.96. The van der Waals surface area contributed by atoms with Crippen molar-refractivity contribution in [3.63, 3.8) is 0 Å². The maximum Gasteiger partial charge on any atom is 0.152 e. The Morgan fingerprint density at radius 1 is 0.358 bits per heavy atom. The molecule has 0 bridgehead atoms. The molecule has 5 heteroatoms. The molecule has 53 heavy (non-hydrogen) atoms. The van der Waals surface area contributed by atoms with E-state index in [1.807, 2.05) is 36.4 Å². The van der Waals surface area contributed by atoms with Crippen LogP contribution in [0.2, 0.25) is 0 Å². The average Bonchev–Trinajstić information content (AvgIpc) is 3.74. The van der Waals surface area contributed by atoms with E-state index in [1.54, 1.807) is 0 Å². The maximum absolute atomic E-state index is 6.47. The number of hydrogen-bond acceptors (Lipinski definition) is 3. The van der Waals surface area contributed by atoms with Gasteiger partial charge in [0, 0.05) is 32.9 Å². The molecule has 2 aromatic heterocycles. The standard InChI is InChI=1S/C48H29N3O2/c1-3-13-37-34(11-1)36-29-32(50-40-15-5-8-18-43(40)52-44-19-9-6-16-41(44)50)25-27-39(36)49(37)31-23-21-30(22-24-31)33-26-28-46-48-47(33)35-12-2-4-14-38(35)51(48)42-17-7-10-20-45(42)53-46/h1-29H. The molecule has 0 amide bonds. The highest BCUT2D eigenvalue weighted by Gasteiger charge is 2.27. The van der Waals surface area contributed by atoms with E-state index in [9.17, 15) is 0 Å². The molecule has 0 N–H and O–H groups in total. The van der Waals surface area contributed by atoms with Crippen LogP contribution in [-0.2, 0) is 0 Å². The Morgan fingerprint density at radius 3 is 1.64 bits per heavy atom. The zero-order valence-electron chi connectivity index (χ0n) is 28.4. The molecule has 0 radical (unpaired) electrons. The van der Waals surface area contributed by atoms with Crippen LogP contribution in [-0.4, -0.2) is 9.13 Å². The van der Waals surface area contributed by atoms with Crippen molar-refractivity contribution in [3.8, 4) is 45.5 Å². The predicted molar refractivity (Wildman–Crippen MR) is 215 cm³/mol. The van der Waals surface area contributed by atoms with Gasteiger partial charge in [0.25, 0.3) is 0 Å². The second-order valence-corrected chi connectivity index (χ2v) is 13.7. The first-order valence-electron chi connectivity index (χ1n) is 17.9. The summed E-state index contributed by atoms with van der Waals surface area (Å²) in [7, 11) is 0. The molecule has 8 aromatic carbocycles. The third-order valence-corrected chi connectivity index (χ3v) is 10.9. The third-order valence-electron chi connectivity index (χ3n) is 10.9. The first-order chi connectivity index (χ1) is 26.3. The van der Waals surface area contributed by atoms with Crippen molar-refractivity contribution in [2.24, 2.45) is 0 Å². The van der Waals surface area contributed by atoms with Crippen LogP contribution >= 0.6 is 0 Å². The fraction of sp³-hybridized carbons (Fsp3) is 0. The highest BCUT2D eigenvalue weighted by Crippen LogP contribution is 2.51. The molecule has 2 aliphatic heterocycles. The lowest BCUT2D eigenvalue weighted by molar-refractivity contribution is 0.476. The highest BCUT2D eigenvalue weighted by atomic mass is 16.5. The molecule has 0 saturated heterocycles. The van der Waals surface area contributed by atoms with Crippen molar-refractivity contribution >= 4 is 60.7 Å². The SMILES string of the molecule is c1ccc2c(c1)Oc1ccccc1N2c1ccc2c(c1)c1ccccc1n2-c1ccc(-c2ccc3c4c2c2ccccc2n4-c2ccccc2O3)cc1. The van der Waals surface area contributed by atoms with Gasteiger partial charge in [0.2, 0.25) is 0 Å². The molecule has 5 nitrogen and oxygen atoms in total. The predicted octanol–water partition coefficient (Wildman–Crippen LogP) is 13.2. The van der Waals surface area contributed by atoms with Gasteiger partial charge in [0.05, 0.1) is 39.1 Å². The molecule has 0 saturated carbocycles. The number of anilines is 3. The molecule has 0 atom stereocenters. The van der Waals surface area contributed by atoms with Crippen molar-refractivity contribution in [3.05, 3.63) is 176 Å². The molecule has 10 aromatic rings. The Hall–Kier alpha value is -7.24. The molecule has 12 rings (SSSR count). The van der Waals surface area contributed by atoms with Gasteiger partial charge < -0.3 is 23.5 Å². The van der Waals surface area contributed by atoms with Crippen molar-refractivity contribution < 1.29 is 9.47 Å². The van der Waals surface area contributed by atoms with Crippen LogP contribution in [0.15, 0.2) is 176 Å². The Labute approximate surface area is 304 Å². The summed E-state index contributed by atoms with van der Waals surface area (Å²) in [6, 6.07) is 62.3. The van der Waals surface area contributed by atoms with E-state index in [-0.39, 0.29) is 0 Å².